The van der Waals surface area contributed by atoms with E-state index < -0.39 is 0 Å². The summed E-state index contributed by atoms with van der Waals surface area (Å²) in [6.07, 6.45) is 1.64. The molecule has 0 fully saturated rings. The lowest BCUT2D eigenvalue weighted by molar-refractivity contribution is 0.0938. The summed E-state index contributed by atoms with van der Waals surface area (Å²) < 4.78 is 11.3. The molecule has 1 atom stereocenters. The van der Waals surface area contributed by atoms with E-state index in [2.05, 4.69) is 5.32 Å². The summed E-state index contributed by atoms with van der Waals surface area (Å²) in [5.41, 5.74) is 1.65. The number of carbonyl (C=O) groups is 1. The first-order valence-corrected chi connectivity index (χ1v) is 8.88. The molecule has 140 valence electrons. The molecule has 0 bridgehead atoms. The highest BCUT2D eigenvalue weighted by atomic mass is 16.5. The summed E-state index contributed by atoms with van der Waals surface area (Å²) in [7, 11) is 3.91. The molecule has 1 unspecified atom stereocenters. The van der Waals surface area contributed by atoms with Gasteiger partial charge in [0.25, 0.3) is 5.91 Å². The highest BCUT2D eigenvalue weighted by Crippen LogP contribution is 2.19. The minimum Gasteiger partial charge on any atom is -0.489 e. The van der Waals surface area contributed by atoms with Crippen molar-refractivity contribution in [2.45, 2.75) is 12.6 Å². The van der Waals surface area contributed by atoms with E-state index in [0.717, 1.165) is 11.3 Å². The number of benzene rings is 2. The van der Waals surface area contributed by atoms with Gasteiger partial charge in [0.05, 0.1) is 12.3 Å². The average molecular weight is 364 g/mol. The van der Waals surface area contributed by atoms with Crippen molar-refractivity contribution in [2.24, 2.45) is 0 Å². The van der Waals surface area contributed by atoms with Crippen LogP contribution in [0, 0.1) is 0 Å². The van der Waals surface area contributed by atoms with Crippen molar-refractivity contribution >= 4 is 5.91 Å². The lowest BCUT2D eigenvalue weighted by Crippen LogP contribution is -2.34. The van der Waals surface area contributed by atoms with Gasteiger partial charge in [0.2, 0.25) is 0 Å². The number of rotatable bonds is 8. The number of carbonyl (C=O) groups excluding carboxylic acids is 1. The molecular formula is C22H24N2O3. The predicted octanol–water partition coefficient (Wildman–Crippen LogP) is 3.89. The number of nitrogens with zero attached hydrogens (tertiary/aromatic N) is 1. The molecule has 27 heavy (non-hydrogen) atoms. The molecule has 0 aliphatic heterocycles. The summed E-state index contributed by atoms with van der Waals surface area (Å²) >= 11 is 0. The largest absolute Gasteiger partial charge is 0.489 e. The standard InChI is InChI=1S/C22H24N2O3/c1-24(2)20(21-12-7-13-26-21)15-23-22(25)18-10-6-11-19(14-18)27-16-17-8-4-3-5-9-17/h3-14,20H,15-16H2,1-2H3,(H,23,25). The first-order valence-electron chi connectivity index (χ1n) is 8.88. The maximum Gasteiger partial charge on any atom is 0.251 e. The zero-order chi connectivity index (χ0) is 19.1. The maximum atomic E-state index is 12.6. The van der Waals surface area contributed by atoms with Crippen molar-refractivity contribution in [1.29, 1.82) is 0 Å². The zero-order valence-corrected chi connectivity index (χ0v) is 15.6. The first-order chi connectivity index (χ1) is 13.1. The predicted molar refractivity (Wildman–Crippen MR) is 105 cm³/mol. The number of hydrogen-bond donors (Lipinski definition) is 1. The Morgan fingerprint density at radius 1 is 1.07 bits per heavy atom. The van der Waals surface area contributed by atoms with E-state index in [1.165, 1.54) is 0 Å². The molecule has 2 aromatic carbocycles. The Hall–Kier alpha value is -3.05. The molecular weight excluding hydrogens is 340 g/mol. The van der Waals surface area contributed by atoms with Gasteiger partial charge in [-0.1, -0.05) is 36.4 Å². The average Bonchev–Trinajstić information content (AvgIpc) is 3.21. The van der Waals surface area contributed by atoms with Gasteiger partial charge in [0, 0.05) is 12.1 Å². The van der Waals surface area contributed by atoms with Crippen molar-refractivity contribution < 1.29 is 13.9 Å². The van der Waals surface area contributed by atoms with E-state index in [9.17, 15) is 4.79 Å². The van der Waals surface area contributed by atoms with E-state index in [4.69, 9.17) is 9.15 Å². The molecule has 1 amide bonds. The molecule has 0 spiro atoms. The SMILES string of the molecule is CN(C)C(CNC(=O)c1cccc(OCc2ccccc2)c1)c1ccco1. The highest BCUT2D eigenvalue weighted by molar-refractivity contribution is 5.94. The number of furan rings is 1. The van der Waals surface area contributed by atoms with E-state index in [1.807, 2.05) is 73.6 Å². The monoisotopic (exact) mass is 364 g/mol. The van der Waals surface area contributed by atoms with Crippen molar-refractivity contribution in [2.75, 3.05) is 20.6 Å². The van der Waals surface area contributed by atoms with E-state index in [-0.39, 0.29) is 11.9 Å². The lowest BCUT2D eigenvalue weighted by Gasteiger charge is -2.22. The second kappa shape index (κ2) is 9.05. The molecule has 0 radical (unpaired) electrons. The van der Waals surface area contributed by atoms with Crippen LogP contribution < -0.4 is 10.1 Å². The van der Waals surface area contributed by atoms with Crippen LogP contribution >= 0.6 is 0 Å². The van der Waals surface area contributed by atoms with E-state index in [1.54, 1.807) is 18.4 Å². The molecule has 0 saturated heterocycles. The van der Waals surface area contributed by atoms with Crippen LogP contribution in [0.2, 0.25) is 0 Å². The third kappa shape index (κ3) is 5.21. The Labute approximate surface area is 159 Å². The van der Waals surface area contributed by atoms with Crippen LogP contribution in [0.5, 0.6) is 5.75 Å². The Bertz CT molecular complexity index is 845. The maximum absolute atomic E-state index is 12.6. The summed E-state index contributed by atoms with van der Waals surface area (Å²) in [5.74, 6) is 1.35. The molecule has 0 saturated carbocycles. The number of hydrogen-bond acceptors (Lipinski definition) is 4. The fraction of sp³-hybridized carbons (Fsp3) is 0.227. The van der Waals surface area contributed by atoms with Gasteiger partial charge in [-0.05, 0) is 50.0 Å². The molecule has 0 aliphatic rings. The Morgan fingerprint density at radius 2 is 1.89 bits per heavy atom. The molecule has 5 nitrogen and oxygen atoms in total. The van der Waals surface area contributed by atoms with Crippen LogP contribution in [0.4, 0.5) is 0 Å². The van der Waals surface area contributed by atoms with Crippen LogP contribution in [0.15, 0.2) is 77.4 Å². The lowest BCUT2D eigenvalue weighted by atomic mass is 10.1. The van der Waals surface area contributed by atoms with Crippen LogP contribution in [-0.2, 0) is 6.61 Å². The zero-order valence-electron chi connectivity index (χ0n) is 15.6. The second-order valence-electron chi connectivity index (χ2n) is 6.51. The molecule has 3 aromatic rings. The Balaban J connectivity index is 1.59. The van der Waals surface area contributed by atoms with Crippen LogP contribution in [0.25, 0.3) is 0 Å². The topological polar surface area (TPSA) is 54.7 Å². The number of ether oxygens (including phenoxy) is 1. The van der Waals surface area contributed by atoms with Gasteiger partial charge >= 0.3 is 0 Å². The molecule has 3 rings (SSSR count). The van der Waals surface area contributed by atoms with Crippen LogP contribution in [0.3, 0.4) is 0 Å². The van der Waals surface area contributed by atoms with Crippen LogP contribution in [-0.4, -0.2) is 31.4 Å². The van der Waals surface area contributed by atoms with Crippen LogP contribution in [0.1, 0.15) is 27.7 Å². The van der Waals surface area contributed by atoms with Gasteiger partial charge < -0.3 is 14.5 Å². The van der Waals surface area contributed by atoms with Gasteiger partial charge in [0.1, 0.15) is 18.1 Å². The Morgan fingerprint density at radius 3 is 2.59 bits per heavy atom. The fourth-order valence-corrected chi connectivity index (χ4v) is 2.78. The van der Waals surface area contributed by atoms with Crippen molar-refractivity contribution in [1.82, 2.24) is 10.2 Å². The second-order valence-corrected chi connectivity index (χ2v) is 6.51. The number of amides is 1. The first kappa shape index (κ1) is 18.7. The van der Waals surface area contributed by atoms with Gasteiger partial charge in [0.15, 0.2) is 0 Å². The third-order valence-electron chi connectivity index (χ3n) is 4.30. The number of likely N-dealkylation sites (N-methyl/N-ethyl adjacent to an activating group) is 1. The molecule has 0 aliphatic carbocycles. The summed E-state index contributed by atoms with van der Waals surface area (Å²) in [6.45, 7) is 0.918. The molecule has 1 heterocycles. The summed E-state index contributed by atoms with van der Waals surface area (Å²) in [4.78, 5) is 14.6. The van der Waals surface area contributed by atoms with Gasteiger partial charge in [-0.3, -0.25) is 9.69 Å². The van der Waals surface area contributed by atoms with Crippen molar-refractivity contribution in [3.05, 3.63) is 89.9 Å². The van der Waals surface area contributed by atoms with E-state index >= 15 is 0 Å². The van der Waals surface area contributed by atoms with Crippen molar-refractivity contribution in [3.63, 3.8) is 0 Å². The van der Waals surface area contributed by atoms with E-state index in [0.29, 0.717) is 24.5 Å². The number of nitrogens with one attached hydrogen (secondary N) is 1. The Kier molecular flexibility index (Phi) is 6.28. The minimum absolute atomic E-state index is 0.0264. The normalized spacial score (nSPS) is 12.0. The summed E-state index contributed by atoms with van der Waals surface area (Å²) in [6, 6.07) is 20.9. The van der Waals surface area contributed by atoms with Gasteiger partial charge in [-0.15, -0.1) is 0 Å². The highest BCUT2D eigenvalue weighted by Gasteiger charge is 2.18. The fourth-order valence-electron chi connectivity index (χ4n) is 2.78. The quantitative estimate of drug-likeness (QED) is 0.659. The molecule has 1 aromatic heterocycles. The van der Waals surface area contributed by atoms with Gasteiger partial charge in [-0.25, -0.2) is 0 Å². The smallest absolute Gasteiger partial charge is 0.251 e. The third-order valence-corrected chi connectivity index (χ3v) is 4.30. The van der Waals surface area contributed by atoms with Gasteiger partial charge in [-0.2, -0.15) is 0 Å². The summed E-state index contributed by atoms with van der Waals surface area (Å²) in [5, 5.41) is 2.97. The molecule has 5 heteroatoms. The van der Waals surface area contributed by atoms with Crippen molar-refractivity contribution in [3.8, 4) is 5.75 Å². The molecule has 1 N–H and O–H groups in total. The minimum atomic E-state index is -0.140.